The summed E-state index contributed by atoms with van der Waals surface area (Å²) < 4.78 is 5.56. The fourth-order valence-corrected chi connectivity index (χ4v) is 2.76. The second-order valence-electron chi connectivity index (χ2n) is 5.25. The molecule has 1 heterocycles. The number of rotatable bonds is 4. The first kappa shape index (κ1) is 14.4. The molecule has 0 aromatic heterocycles. The van der Waals surface area contributed by atoms with Crippen LogP contribution in [0.3, 0.4) is 0 Å². The quantitative estimate of drug-likeness (QED) is 0.904. The number of ether oxygens (including phenoxy) is 1. The van der Waals surface area contributed by atoms with Crippen LogP contribution in [0.5, 0.6) is 5.75 Å². The van der Waals surface area contributed by atoms with Gasteiger partial charge in [0.1, 0.15) is 5.75 Å². The van der Waals surface area contributed by atoms with Crippen molar-refractivity contribution in [2.75, 3.05) is 23.8 Å². The van der Waals surface area contributed by atoms with Crippen molar-refractivity contribution in [2.24, 2.45) is 0 Å². The molecule has 22 heavy (non-hydrogen) atoms. The van der Waals surface area contributed by atoms with E-state index in [-0.39, 0.29) is 5.91 Å². The molecule has 0 saturated carbocycles. The van der Waals surface area contributed by atoms with Crippen molar-refractivity contribution in [3.63, 3.8) is 0 Å². The lowest BCUT2D eigenvalue weighted by Crippen LogP contribution is -2.19. The number of hydrogen-bond donors (Lipinski definition) is 2. The molecule has 2 N–H and O–H groups in total. The van der Waals surface area contributed by atoms with Crippen molar-refractivity contribution in [1.29, 1.82) is 0 Å². The molecule has 0 unspecified atom stereocenters. The SMILES string of the molecule is CCOc1ccccc1NC(=O)c1cccc2c1CCCN2. The van der Waals surface area contributed by atoms with E-state index in [9.17, 15) is 4.79 Å². The van der Waals surface area contributed by atoms with Crippen LogP contribution in [0.15, 0.2) is 42.5 Å². The highest BCUT2D eigenvalue weighted by molar-refractivity contribution is 6.06. The topological polar surface area (TPSA) is 50.4 Å². The van der Waals surface area contributed by atoms with Crippen LogP contribution >= 0.6 is 0 Å². The predicted molar refractivity (Wildman–Crippen MR) is 88.8 cm³/mol. The number of carbonyl (C=O) groups is 1. The Hall–Kier alpha value is -2.49. The highest BCUT2D eigenvalue weighted by Gasteiger charge is 2.18. The molecule has 0 saturated heterocycles. The number of carbonyl (C=O) groups excluding carboxylic acids is 1. The first-order valence-electron chi connectivity index (χ1n) is 7.68. The summed E-state index contributed by atoms with van der Waals surface area (Å²) in [5.74, 6) is 0.606. The van der Waals surface area contributed by atoms with Gasteiger partial charge in [0.25, 0.3) is 5.91 Å². The number of nitrogens with one attached hydrogen (secondary N) is 2. The van der Waals surface area contributed by atoms with Crippen LogP contribution in [0.4, 0.5) is 11.4 Å². The van der Waals surface area contributed by atoms with E-state index in [1.54, 1.807) is 0 Å². The molecule has 0 bridgehead atoms. The summed E-state index contributed by atoms with van der Waals surface area (Å²) in [7, 11) is 0. The summed E-state index contributed by atoms with van der Waals surface area (Å²) >= 11 is 0. The van der Waals surface area contributed by atoms with Gasteiger partial charge in [-0.15, -0.1) is 0 Å². The van der Waals surface area contributed by atoms with Crippen LogP contribution in [-0.2, 0) is 6.42 Å². The van der Waals surface area contributed by atoms with Gasteiger partial charge in [0.2, 0.25) is 0 Å². The molecule has 0 radical (unpaired) electrons. The van der Waals surface area contributed by atoms with Crippen molar-refractivity contribution in [2.45, 2.75) is 19.8 Å². The van der Waals surface area contributed by atoms with E-state index in [1.807, 2.05) is 49.4 Å². The highest BCUT2D eigenvalue weighted by Crippen LogP contribution is 2.28. The van der Waals surface area contributed by atoms with Gasteiger partial charge < -0.3 is 15.4 Å². The fourth-order valence-electron chi connectivity index (χ4n) is 2.76. The molecule has 3 rings (SSSR count). The Bertz CT molecular complexity index is 683. The molecule has 4 nitrogen and oxygen atoms in total. The third-order valence-corrected chi connectivity index (χ3v) is 3.77. The Morgan fingerprint density at radius 1 is 1.23 bits per heavy atom. The van der Waals surface area contributed by atoms with Crippen molar-refractivity contribution in [3.05, 3.63) is 53.6 Å². The van der Waals surface area contributed by atoms with Crippen LogP contribution in [-0.4, -0.2) is 19.1 Å². The third-order valence-electron chi connectivity index (χ3n) is 3.77. The number of benzene rings is 2. The minimum absolute atomic E-state index is 0.0901. The molecular formula is C18H20N2O2. The number of para-hydroxylation sites is 2. The van der Waals surface area contributed by atoms with Crippen LogP contribution in [0.25, 0.3) is 0 Å². The summed E-state index contributed by atoms with van der Waals surface area (Å²) in [6.07, 6.45) is 1.98. The molecule has 0 aliphatic carbocycles. The average molecular weight is 296 g/mol. The number of anilines is 2. The molecule has 0 spiro atoms. The first-order chi connectivity index (χ1) is 10.8. The molecule has 1 aliphatic heterocycles. The average Bonchev–Trinajstić information content (AvgIpc) is 2.56. The standard InChI is InChI=1S/C18H20N2O2/c1-2-22-17-11-4-3-9-16(17)20-18(21)14-7-5-10-15-13(14)8-6-12-19-15/h3-5,7,9-11,19H,2,6,8,12H2,1H3,(H,20,21). The summed E-state index contributed by atoms with van der Waals surface area (Å²) in [5.41, 5.74) is 3.60. The number of hydrogen-bond acceptors (Lipinski definition) is 3. The van der Waals surface area contributed by atoms with E-state index < -0.39 is 0 Å². The maximum absolute atomic E-state index is 12.6. The van der Waals surface area contributed by atoms with Crippen molar-refractivity contribution in [3.8, 4) is 5.75 Å². The summed E-state index contributed by atoms with van der Waals surface area (Å²) in [6, 6.07) is 13.3. The van der Waals surface area contributed by atoms with Gasteiger partial charge in [0.05, 0.1) is 12.3 Å². The van der Waals surface area contributed by atoms with E-state index in [1.165, 1.54) is 0 Å². The maximum atomic E-state index is 12.6. The summed E-state index contributed by atoms with van der Waals surface area (Å²) in [4.78, 5) is 12.6. The fraction of sp³-hybridized carbons (Fsp3) is 0.278. The molecule has 4 heteroatoms. The first-order valence-corrected chi connectivity index (χ1v) is 7.68. The lowest BCUT2D eigenvalue weighted by atomic mass is 9.97. The van der Waals surface area contributed by atoms with Crippen LogP contribution in [0.2, 0.25) is 0 Å². The number of fused-ring (bicyclic) bond motifs is 1. The van der Waals surface area contributed by atoms with Crippen LogP contribution < -0.4 is 15.4 Å². The van der Waals surface area contributed by atoms with Crippen molar-refractivity contribution < 1.29 is 9.53 Å². The molecule has 2 aromatic carbocycles. The van der Waals surface area contributed by atoms with Gasteiger partial charge in [-0.1, -0.05) is 18.2 Å². The highest BCUT2D eigenvalue weighted by atomic mass is 16.5. The van der Waals surface area contributed by atoms with Gasteiger partial charge in [0, 0.05) is 17.8 Å². The van der Waals surface area contributed by atoms with Crippen LogP contribution in [0, 0.1) is 0 Å². The van der Waals surface area contributed by atoms with Gasteiger partial charge in [0.15, 0.2) is 0 Å². The minimum Gasteiger partial charge on any atom is -0.492 e. The smallest absolute Gasteiger partial charge is 0.256 e. The molecule has 2 aromatic rings. The zero-order valence-electron chi connectivity index (χ0n) is 12.7. The maximum Gasteiger partial charge on any atom is 0.256 e. The van der Waals surface area contributed by atoms with Gasteiger partial charge in [-0.25, -0.2) is 0 Å². The second-order valence-corrected chi connectivity index (χ2v) is 5.25. The van der Waals surface area contributed by atoms with E-state index in [2.05, 4.69) is 10.6 Å². The Morgan fingerprint density at radius 3 is 2.95 bits per heavy atom. The molecule has 1 aliphatic rings. The molecular weight excluding hydrogens is 276 g/mol. The largest absolute Gasteiger partial charge is 0.492 e. The lowest BCUT2D eigenvalue weighted by molar-refractivity contribution is 0.102. The molecule has 0 atom stereocenters. The van der Waals surface area contributed by atoms with Crippen LogP contribution in [0.1, 0.15) is 29.3 Å². The van der Waals surface area contributed by atoms with Gasteiger partial charge in [-0.05, 0) is 49.6 Å². The lowest BCUT2D eigenvalue weighted by Gasteiger charge is -2.21. The summed E-state index contributed by atoms with van der Waals surface area (Å²) in [5, 5.41) is 6.32. The van der Waals surface area contributed by atoms with E-state index >= 15 is 0 Å². The van der Waals surface area contributed by atoms with Crippen molar-refractivity contribution >= 4 is 17.3 Å². The Morgan fingerprint density at radius 2 is 2.09 bits per heavy atom. The monoisotopic (exact) mass is 296 g/mol. The predicted octanol–water partition coefficient (Wildman–Crippen LogP) is 3.70. The molecule has 114 valence electrons. The second kappa shape index (κ2) is 6.52. The van der Waals surface area contributed by atoms with Gasteiger partial charge >= 0.3 is 0 Å². The zero-order valence-corrected chi connectivity index (χ0v) is 12.7. The van der Waals surface area contributed by atoms with Gasteiger partial charge in [-0.2, -0.15) is 0 Å². The van der Waals surface area contributed by atoms with E-state index in [0.717, 1.165) is 36.2 Å². The Kier molecular flexibility index (Phi) is 4.28. The van der Waals surface area contributed by atoms with E-state index in [0.29, 0.717) is 18.0 Å². The zero-order chi connectivity index (χ0) is 15.4. The summed E-state index contributed by atoms with van der Waals surface area (Å²) in [6.45, 7) is 3.46. The Balaban J connectivity index is 1.87. The Labute approximate surface area is 130 Å². The van der Waals surface area contributed by atoms with Crippen molar-refractivity contribution in [1.82, 2.24) is 0 Å². The molecule has 0 fully saturated rings. The van der Waals surface area contributed by atoms with E-state index in [4.69, 9.17) is 4.74 Å². The minimum atomic E-state index is -0.0901. The number of amides is 1. The third kappa shape index (κ3) is 2.91. The van der Waals surface area contributed by atoms with Gasteiger partial charge in [-0.3, -0.25) is 4.79 Å². The molecule has 1 amide bonds. The normalized spacial score (nSPS) is 13.0.